The van der Waals surface area contributed by atoms with Gasteiger partial charge in [0.15, 0.2) is 0 Å². The van der Waals surface area contributed by atoms with Gasteiger partial charge in [0.1, 0.15) is 23.5 Å². The second-order valence-electron chi connectivity index (χ2n) is 6.96. The summed E-state index contributed by atoms with van der Waals surface area (Å²) in [6.45, 7) is 6.05. The number of aromatic nitrogens is 3. The number of nitrogens with zero attached hydrogens (tertiary/aromatic N) is 6. The summed E-state index contributed by atoms with van der Waals surface area (Å²) < 4.78 is 0. The van der Waals surface area contributed by atoms with Gasteiger partial charge in [0.05, 0.1) is 5.56 Å². The van der Waals surface area contributed by atoms with E-state index in [1.807, 2.05) is 49.6 Å². The minimum atomic E-state index is 0.546. The molecule has 0 aromatic carbocycles. The smallest absolute Gasteiger partial charge is 0.144 e. The van der Waals surface area contributed by atoms with Crippen LogP contribution in [-0.2, 0) is 6.54 Å². The van der Waals surface area contributed by atoms with Crippen LogP contribution in [0.3, 0.4) is 0 Å². The van der Waals surface area contributed by atoms with Gasteiger partial charge >= 0.3 is 0 Å². The fourth-order valence-corrected chi connectivity index (χ4v) is 3.50. The minimum absolute atomic E-state index is 0.546. The molecule has 1 fully saturated rings. The van der Waals surface area contributed by atoms with Crippen molar-refractivity contribution in [2.75, 3.05) is 41.3 Å². The van der Waals surface area contributed by atoms with Crippen LogP contribution in [0.5, 0.6) is 0 Å². The molecule has 0 radical (unpaired) electrons. The highest BCUT2D eigenvalue weighted by Crippen LogP contribution is 2.22. The molecule has 0 unspecified atom stereocenters. The molecule has 1 aliphatic heterocycles. The highest BCUT2D eigenvalue weighted by Gasteiger charge is 2.21. The summed E-state index contributed by atoms with van der Waals surface area (Å²) in [5.74, 6) is 2.61. The monoisotopic (exact) mass is 385 g/mol. The van der Waals surface area contributed by atoms with E-state index in [-0.39, 0.29) is 0 Å². The maximum absolute atomic E-state index is 9.32. The second-order valence-corrected chi connectivity index (χ2v) is 6.96. The van der Waals surface area contributed by atoms with Crippen molar-refractivity contribution in [3.8, 4) is 6.07 Å². The van der Waals surface area contributed by atoms with Gasteiger partial charge in [-0.05, 0) is 37.3 Å². The maximum atomic E-state index is 9.32. The molecular formula is C22H23N7. The average Bonchev–Trinajstić information content (AvgIpc) is 2.79. The van der Waals surface area contributed by atoms with E-state index in [1.54, 1.807) is 6.07 Å². The Kier molecular flexibility index (Phi) is 5.52. The van der Waals surface area contributed by atoms with Crippen molar-refractivity contribution in [2.45, 2.75) is 13.5 Å². The Morgan fingerprint density at radius 3 is 2.52 bits per heavy atom. The van der Waals surface area contributed by atoms with Crippen LogP contribution in [0.15, 0.2) is 54.9 Å². The van der Waals surface area contributed by atoms with Gasteiger partial charge in [-0.3, -0.25) is 0 Å². The Labute approximate surface area is 170 Å². The lowest BCUT2D eigenvalue weighted by Gasteiger charge is -2.36. The molecule has 0 bridgehead atoms. The first-order valence-corrected chi connectivity index (χ1v) is 9.71. The van der Waals surface area contributed by atoms with Crippen molar-refractivity contribution in [1.82, 2.24) is 15.0 Å². The number of nitriles is 1. The Morgan fingerprint density at radius 2 is 1.76 bits per heavy atom. The molecule has 4 heterocycles. The number of rotatable bonds is 5. The van der Waals surface area contributed by atoms with Gasteiger partial charge in [-0.15, -0.1) is 0 Å². The van der Waals surface area contributed by atoms with Gasteiger partial charge < -0.3 is 15.1 Å². The van der Waals surface area contributed by atoms with Crippen LogP contribution in [0.2, 0.25) is 0 Å². The van der Waals surface area contributed by atoms with Gasteiger partial charge in [0.2, 0.25) is 0 Å². The molecule has 7 nitrogen and oxygen atoms in total. The zero-order chi connectivity index (χ0) is 20.1. The first kappa shape index (κ1) is 18.7. The van der Waals surface area contributed by atoms with Crippen molar-refractivity contribution in [1.29, 1.82) is 5.26 Å². The van der Waals surface area contributed by atoms with Gasteiger partial charge in [0.25, 0.3) is 0 Å². The Morgan fingerprint density at radius 1 is 0.966 bits per heavy atom. The average molecular weight is 385 g/mol. The fourth-order valence-electron chi connectivity index (χ4n) is 3.50. The summed E-state index contributed by atoms with van der Waals surface area (Å²) in [6.07, 6.45) is 3.66. The molecule has 3 aromatic rings. The second kappa shape index (κ2) is 8.57. The summed E-state index contributed by atoms with van der Waals surface area (Å²) in [7, 11) is 0. The number of pyridine rings is 3. The third kappa shape index (κ3) is 4.27. The molecular weight excluding hydrogens is 362 g/mol. The Balaban J connectivity index is 1.46. The van der Waals surface area contributed by atoms with Crippen LogP contribution in [0.4, 0.5) is 17.5 Å². The Bertz CT molecular complexity index is 1010. The van der Waals surface area contributed by atoms with Crippen molar-refractivity contribution < 1.29 is 0 Å². The quantitative estimate of drug-likeness (QED) is 0.723. The molecule has 4 rings (SSSR count). The van der Waals surface area contributed by atoms with E-state index in [0.29, 0.717) is 17.9 Å². The van der Waals surface area contributed by atoms with E-state index < -0.39 is 0 Å². The van der Waals surface area contributed by atoms with Crippen LogP contribution in [-0.4, -0.2) is 41.1 Å². The number of anilines is 3. The normalized spacial score (nSPS) is 13.8. The summed E-state index contributed by atoms with van der Waals surface area (Å²) in [5.41, 5.74) is 2.51. The minimum Gasteiger partial charge on any atom is -0.365 e. The van der Waals surface area contributed by atoms with E-state index >= 15 is 0 Å². The number of aryl methyl sites for hydroxylation is 1. The molecule has 7 heteroatoms. The number of hydrogen-bond donors (Lipinski definition) is 1. The molecule has 29 heavy (non-hydrogen) atoms. The van der Waals surface area contributed by atoms with Gasteiger partial charge in [-0.2, -0.15) is 5.26 Å². The largest absolute Gasteiger partial charge is 0.365 e. The third-order valence-electron chi connectivity index (χ3n) is 5.02. The SMILES string of the molecule is Cc1ccc(C#N)c(NCc2cccnc2N2CCN(c3ccccn3)CC2)n1. The van der Waals surface area contributed by atoms with Crippen molar-refractivity contribution >= 4 is 17.5 Å². The molecule has 3 aromatic heterocycles. The number of hydrogen-bond acceptors (Lipinski definition) is 7. The predicted octanol–water partition coefficient (Wildman–Crippen LogP) is 2.99. The summed E-state index contributed by atoms with van der Waals surface area (Å²) >= 11 is 0. The van der Waals surface area contributed by atoms with Gasteiger partial charge in [-0.25, -0.2) is 15.0 Å². The van der Waals surface area contributed by atoms with Crippen molar-refractivity contribution in [3.63, 3.8) is 0 Å². The fraction of sp³-hybridized carbons (Fsp3) is 0.273. The molecule has 1 aliphatic rings. The van der Waals surface area contributed by atoms with Crippen molar-refractivity contribution in [3.05, 3.63) is 71.7 Å². The maximum Gasteiger partial charge on any atom is 0.144 e. The first-order chi connectivity index (χ1) is 14.2. The summed E-state index contributed by atoms with van der Waals surface area (Å²) in [5, 5.41) is 12.6. The zero-order valence-corrected chi connectivity index (χ0v) is 16.4. The van der Waals surface area contributed by atoms with E-state index in [0.717, 1.165) is 49.1 Å². The highest BCUT2D eigenvalue weighted by molar-refractivity contribution is 5.55. The highest BCUT2D eigenvalue weighted by atomic mass is 15.3. The van der Waals surface area contributed by atoms with Gasteiger partial charge in [0, 0.05) is 56.4 Å². The van der Waals surface area contributed by atoms with Gasteiger partial charge in [-0.1, -0.05) is 12.1 Å². The lowest BCUT2D eigenvalue weighted by Crippen LogP contribution is -2.47. The Hall–Kier alpha value is -3.66. The van der Waals surface area contributed by atoms with E-state index in [1.165, 1.54) is 0 Å². The topological polar surface area (TPSA) is 81.0 Å². The molecule has 0 saturated carbocycles. The van der Waals surface area contributed by atoms with Crippen LogP contribution < -0.4 is 15.1 Å². The molecule has 0 spiro atoms. The number of nitrogens with one attached hydrogen (secondary N) is 1. The molecule has 1 N–H and O–H groups in total. The molecule has 1 saturated heterocycles. The lowest BCUT2D eigenvalue weighted by molar-refractivity contribution is 0.639. The molecule has 0 atom stereocenters. The summed E-state index contributed by atoms with van der Waals surface area (Å²) in [4.78, 5) is 18.2. The van der Waals surface area contributed by atoms with Crippen LogP contribution in [0, 0.1) is 18.3 Å². The van der Waals surface area contributed by atoms with Crippen LogP contribution in [0.1, 0.15) is 16.8 Å². The molecule has 0 amide bonds. The zero-order valence-electron chi connectivity index (χ0n) is 16.4. The van der Waals surface area contributed by atoms with E-state index in [2.05, 4.69) is 42.2 Å². The third-order valence-corrected chi connectivity index (χ3v) is 5.02. The van der Waals surface area contributed by atoms with E-state index in [9.17, 15) is 5.26 Å². The number of piperazine rings is 1. The van der Waals surface area contributed by atoms with Crippen LogP contribution >= 0.6 is 0 Å². The standard InChI is InChI=1S/C22H23N7/c1-17-7-8-18(15-23)21(27-17)26-16-19-5-4-10-25-22(19)29-13-11-28(12-14-29)20-6-2-3-9-24-20/h2-10H,11-14,16H2,1H3,(H,26,27). The van der Waals surface area contributed by atoms with Crippen molar-refractivity contribution in [2.24, 2.45) is 0 Å². The lowest BCUT2D eigenvalue weighted by atomic mass is 10.2. The van der Waals surface area contributed by atoms with Crippen LogP contribution in [0.25, 0.3) is 0 Å². The summed E-state index contributed by atoms with van der Waals surface area (Å²) in [6, 6.07) is 15.9. The molecule has 146 valence electrons. The first-order valence-electron chi connectivity index (χ1n) is 9.71. The molecule has 0 aliphatic carbocycles. The van der Waals surface area contributed by atoms with E-state index in [4.69, 9.17) is 0 Å². The predicted molar refractivity (Wildman–Crippen MR) is 114 cm³/mol.